The van der Waals surface area contributed by atoms with Gasteiger partial charge in [0.15, 0.2) is 6.20 Å². The third-order valence-corrected chi connectivity index (χ3v) is 3.50. The van der Waals surface area contributed by atoms with E-state index in [9.17, 15) is 0 Å². The van der Waals surface area contributed by atoms with Crippen molar-refractivity contribution in [2.45, 2.75) is 32.6 Å². The normalized spacial score (nSPS) is 10.1. The number of halogens is 1. The number of aromatic nitrogens is 3. The molecule has 0 aromatic carbocycles. The van der Waals surface area contributed by atoms with Crippen molar-refractivity contribution in [3.8, 4) is 17.3 Å². The van der Waals surface area contributed by atoms with Crippen LogP contribution in [0.1, 0.15) is 32.6 Å². The van der Waals surface area contributed by atoms with Crippen molar-refractivity contribution < 1.29 is 33.3 Å². The fraction of sp³-hybridized carbons (Fsp3) is 0.500. The van der Waals surface area contributed by atoms with Crippen LogP contribution in [0.15, 0.2) is 24.4 Å². The molecule has 0 aliphatic heterocycles. The first-order chi connectivity index (χ1) is 9.33. The van der Waals surface area contributed by atoms with Crippen LogP contribution in [-0.4, -0.2) is 15.4 Å². The van der Waals surface area contributed by atoms with Gasteiger partial charge in [-0.1, -0.05) is 26.2 Å². The SMILES string of the molecule is CCCCCCOc1nsnc1-c1cccc[n+]1C.[I-]. The van der Waals surface area contributed by atoms with Crippen LogP contribution in [0.25, 0.3) is 11.4 Å². The Morgan fingerprint density at radius 1 is 1.20 bits per heavy atom. The first-order valence-electron chi connectivity index (χ1n) is 6.73. The molecule has 0 bridgehead atoms. The van der Waals surface area contributed by atoms with Crippen molar-refractivity contribution in [1.29, 1.82) is 0 Å². The molecule has 0 unspecified atom stereocenters. The van der Waals surface area contributed by atoms with Gasteiger partial charge in [-0.25, -0.2) is 0 Å². The van der Waals surface area contributed by atoms with Crippen LogP contribution in [0.5, 0.6) is 5.88 Å². The van der Waals surface area contributed by atoms with Crippen molar-refractivity contribution in [2.24, 2.45) is 7.05 Å². The van der Waals surface area contributed by atoms with E-state index in [4.69, 9.17) is 4.74 Å². The molecular weight excluding hydrogens is 385 g/mol. The van der Waals surface area contributed by atoms with Crippen molar-refractivity contribution in [3.63, 3.8) is 0 Å². The smallest absolute Gasteiger partial charge is 0.260 e. The van der Waals surface area contributed by atoms with E-state index in [2.05, 4.69) is 15.7 Å². The van der Waals surface area contributed by atoms with Gasteiger partial charge >= 0.3 is 0 Å². The molecule has 0 spiro atoms. The van der Waals surface area contributed by atoms with Gasteiger partial charge in [-0.15, -0.1) is 4.37 Å². The highest BCUT2D eigenvalue weighted by molar-refractivity contribution is 6.99. The standard InChI is InChI=1S/C14H20N3OS.HI/c1-3-4-5-8-11-18-14-13(15-19-16-14)12-9-6-7-10-17(12)2;/h6-7,9-10H,3-5,8,11H2,1-2H3;1H/q+1;/p-1. The molecule has 6 heteroatoms. The maximum absolute atomic E-state index is 5.76. The molecule has 2 rings (SSSR count). The number of rotatable bonds is 7. The van der Waals surface area contributed by atoms with E-state index in [0.717, 1.165) is 24.4 Å². The third kappa shape index (κ3) is 4.66. The minimum Gasteiger partial charge on any atom is -1.00 e. The average Bonchev–Trinajstić information content (AvgIpc) is 2.87. The van der Waals surface area contributed by atoms with Crippen molar-refractivity contribution in [2.75, 3.05) is 6.61 Å². The highest BCUT2D eigenvalue weighted by Crippen LogP contribution is 2.25. The predicted octanol–water partition coefficient (Wildman–Crippen LogP) is -0.00730. The van der Waals surface area contributed by atoms with E-state index in [-0.39, 0.29) is 24.0 Å². The van der Waals surface area contributed by atoms with Gasteiger partial charge in [0.05, 0.1) is 18.3 Å². The molecule has 20 heavy (non-hydrogen) atoms. The summed E-state index contributed by atoms with van der Waals surface area (Å²) in [4.78, 5) is 0. The molecule has 0 atom stereocenters. The molecule has 0 fully saturated rings. The zero-order valence-corrected chi connectivity index (χ0v) is 14.9. The molecule has 0 aliphatic carbocycles. The molecule has 0 saturated carbocycles. The molecule has 0 saturated heterocycles. The third-order valence-electron chi connectivity index (χ3n) is 2.99. The Morgan fingerprint density at radius 3 is 2.80 bits per heavy atom. The lowest BCUT2D eigenvalue weighted by Gasteiger charge is -2.03. The Kier molecular flexibility index (Phi) is 7.98. The number of hydrogen-bond donors (Lipinski definition) is 0. The maximum Gasteiger partial charge on any atom is 0.260 e. The summed E-state index contributed by atoms with van der Waals surface area (Å²) < 4.78 is 16.4. The zero-order valence-electron chi connectivity index (χ0n) is 11.9. The average molecular weight is 405 g/mol. The van der Waals surface area contributed by atoms with Crippen molar-refractivity contribution >= 4 is 11.7 Å². The van der Waals surface area contributed by atoms with Crippen LogP contribution >= 0.6 is 11.7 Å². The number of ether oxygens (including phenoxy) is 1. The zero-order chi connectivity index (χ0) is 13.5. The van der Waals surface area contributed by atoms with Gasteiger partial charge in [0.2, 0.25) is 11.4 Å². The Bertz CT molecular complexity index is 519. The van der Waals surface area contributed by atoms with Crippen molar-refractivity contribution in [1.82, 2.24) is 8.75 Å². The second kappa shape index (κ2) is 9.23. The minimum atomic E-state index is 0. The fourth-order valence-electron chi connectivity index (χ4n) is 1.90. The van der Waals surface area contributed by atoms with Crippen LogP contribution in [0.4, 0.5) is 0 Å². The second-order valence-electron chi connectivity index (χ2n) is 4.52. The monoisotopic (exact) mass is 405 g/mol. The first-order valence-corrected chi connectivity index (χ1v) is 7.46. The van der Waals surface area contributed by atoms with Gasteiger partial charge in [-0.2, -0.15) is 8.94 Å². The summed E-state index contributed by atoms with van der Waals surface area (Å²) in [5, 5.41) is 0. The topological polar surface area (TPSA) is 38.9 Å². The second-order valence-corrected chi connectivity index (χ2v) is 5.05. The summed E-state index contributed by atoms with van der Waals surface area (Å²) in [6.07, 6.45) is 6.79. The predicted molar refractivity (Wildman–Crippen MR) is 76.2 cm³/mol. The Morgan fingerprint density at radius 2 is 2.05 bits per heavy atom. The maximum atomic E-state index is 5.76. The Balaban J connectivity index is 0.00000200. The number of nitrogens with zero attached hydrogens (tertiary/aromatic N) is 3. The summed E-state index contributed by atoms with van der Waals surface area (Å²) in [6, 6.07) is 6.02. The highest BCUT2D eigenvalue weighted by Gasteiger charge is 2.19. The molecular formula is C14H20IN3OS. The summed E-state index contributed by atoms with van der Waals surface area (Å²) in [6.45, 7) is 2.92. The number of pyridine rings is 1. The molecule has 0 N–H and O–H groups in total. The molecule has 110 valence electrons. The van der Waals surface area contributed by atoms with Gasteiger partial charge in [0.1, 0.15) is 7.05 Å². The van der Waals surface area contributed by atoms with Gasteiger partial charge < -0.3 is 28.7 Å². The van der Waals surface area contributed by atoms with Gasteiger partial charge in [-0.3, -0.25) is 0 Å². The minimum absolute atomic E-state index is 0. The highest BCUT2D eigenvalue weighted by atomic mass is 127. The summed E-state index contributed by atoms with van der Waals surface area (Å²) in [7, 11) is 2.00. The lowest BCUT2D eigenvalue weighted by Crippen LogP contribution is -3.00. The van der Waals surface area contributed by atoms with E-state index < -0.39 is 0 Å². The van der Waals surface area contributed by atoms with Crippen LogP contribution in [0.2, 0.25) is 0 Å². The van der Waals surface area contributed by atoms with E-state index in [1.54, 1.807) is 0 Å². The Hall–Kier alpha value is -0.760. The summed E-state index contributed by atoms with van der Waals surface area (Å²) >= 11 is 1.20. The largest absolute Gasteiger partial charge is 1.00 e. The van der Waals surface area contributed by atoms with Crippen LogP contribution in [0.3, 0.4) is 0 Å². The van der Waals surface area contributed by atoms with Gasteiger partial charge in [-0.05, 0) is 12.5 Å². The van der Waals surface area contributed by atoms with E-state index in [1.165, 1.54) is 31.0 Å². The summed E-state index contributed by atoms with van der Waals surface area (Å²) in [5.74, 6) is 0.656. The van der Waals surface area contributed by atoms with Crippen LogP contribution in [0, 0.1) is 0 Å². The molecule has 0 radical (unpaired) electrons. The fourth-order valence-corrected chi connectivity index (χ4v) is 2.41. The lowest BCUT2D eigenvalue weighted by molar-refractivity contribution is -0.660. The van der Waals surface area contributed by atoms with Crippen LogP contribution < -0.4 is 33.3 Å². The number of aryl methyl sites for hydroxylation is 1. The molecule has 4 nitrogen and oxygen atoms in total. The lowest BCUT2D eigenvalue weighted by atomic mass is 10.2. The summed E-state index contributed by atoms with van der Waals surface area (Å²) in [5.41, 5.74) is 1.86. The number of hydrogen-bond acceptors (Lipinski definition) is 4. The van der Waals surface area contributed by atoms with E-state index in [1.807, 2.05) is 36.0 Å². The van der Waals surface area contributed by atoms with E-state index in [0.29, 0.717) is 5.88 Å². The Labute approximate surface area is 141 Å². The molecule has 2 heterocycles. The van der Waals surface area contributed by atoms with Crippen LogP contribution in [-0.2, 0) is 7.05 Å². The van der Waals surface area contributed by atoms with Gasteiger partial charge in [0, 0.05) is 12.1 Å². The quantitative estimate of drug-likeness (QED) is 0.370. The number of unbranched alkanes of at least 4 members (excludes halogenated alkanes) is 3. The first kappa shape index (κ1) is 17.3. The van der Waals surface area contributed by atoms with Gasteiger partial charge in [0.25, 0.3) is 5.88 Å². The molecule has 2 aromatic rings. The van der Waals surface area contributed by atoms with E-state index >= 15 is 0 Å². The molecule has 0 amide bonds. The molecule has 2 aromatic heterocycles. The molecule has 0 aliphatic rings. The van der Waals surface area contributed by atoms with Crippen molar-refractivity contribution in [3.05, 3.63) is 24.4 Å².